The van der Waals surface area contributed by atoms with Crippen molar-refractivity contribution in [1.82, 2.24) is 0 Å². The summed E-state index contributed by atoms with van der Waals surface area (Å²) in [5.74, 6) is 0. The van der Waals surface area contributed by atoms with Gasteiger partial charge in [-0.2, -0.15) is 0 Å². The molecule has 1 aliphatic heterocycles. The highest BCUT2D eigenvalue weighted by Gasteiger charge is 2.36. The monoisotopic (exact) mass is 304 g/mol. The maximum atomic E-state index is 5.75. The summed E-state index contributed by atoms with van der Waals surface area (Å²) in [6.45, 7) is 3.68. The van der Waals surface area contributed by atoms with Gasteiger partial charge in [0.15, 0.2) is 0 Å². The van der Waals surface area contributed by atoms with Gasteiger partial charge < -0.3 is 22.8 Å². The zero-order valence-corrected chi connectivity index (χ0v) is 14.1. The van der Waals surface area contributed by atoms with Crippen LogP contribution in [0.3, 0.4) is 0 Å². The Morgan fingerprint density at radius 2 is 1.90 bits per heavy atom. The average Bonchev–Trinajstić information content (AvgIpc) is 3.31. The lowest BCUT2D eigenvalue weighted by Crippen LogP contribution is -2.42. The van der Waals surface area contributed by atoms with Gasteiger partial charge in [-0.15, -0.1) is 0 Å². The Balaban J connectivity index is 2.18. The van der Waals surface area contributed by atoms with E-state index in [0.717, 1.165) is 31.9 Å². The predicted octanol–water partition coefficient (Wildman–Crippen LogP) is 2.39. The van der Waals surface area contributed by atoms with Crippen molar-refractivity contribution in [2.24, 2.45) is 0 Å². The van der Waals surface area contributed by atoms with E-state index >= 15 is 0 Å². The van der Waals surface area contributed by atoms with Crippen LogP contribution >= 0.6 is 0 Å². The normalized spacial score (nSPS) is 20.5. The largest absolute Gasteiger partial charge is 0.500 e. The molecule has 1 aliphatic rings. The molecule has 1 fully saturated rings. The average molecular weight is 304 g/mol. The van der Waals surface area contributed by atoms with Gasteiger partial charge in [-0.3, -0.25) is 0 Å². The van der Waals surface area contributed by atoms with E-state index in [1.807, 2.05) is 0 Å². The van der Waals surface area contributed by atoms with E-state index in [9.17, 15) is 0 Å². The summed E-state index contributed by atoms with van der Waals surface area (Å²) in [7, 11) is 2.54. The van der Waals surface area contributed by atoms with Crippen molar-refractivity contribution in [3.05, 3.63) is 12.2 Å². The molecule has 2 unspecified atom stereocenters. The molecule has 0 aromatic heterocycles. The molecule has 1 saturated heterocycles. The van der Waals surface area contributed by atoms with E-state index < -0.39 is 8.80 Å². The van der Waals surface area contributed by atoms with Crippen molar-refractivity contribution >= 4 is 8.80 Å². The highest BCUT2D eigenvalue weighted by molar-refractivity contribution is 6.60. The number of rotatable bonds is 12. The minimum Gasteiger partial charge on any atom is -0.377 e. The summed E-state index contributed by atoms with van der Waals surface area (Å²) in [5, 5.41) is 0. The van der Waals surface area contributed by atoms with Crippen molar-refractivity contribution in [3.8, 4) is 0 Å². The molecule has 0 aliphatic carbocycles. The minimum absolute atomic E-state index is 0.188. The SMILES string of the molecule is CCC(C=CCCC[Si](OC)(OC)OC)OCC1CO1. The van der Waals surface area contributed by atoms with Crippen LogP contribution in [-0.2, 0) is 22.8 Å². The molecule has 0 N–H and O–H groups in total. The molecular weight excluding hydrogens is 276 g/mol. The zero-order chi connectivity index (χ0) is 14.8. The van der Waals surface area contributed by atoms with Crippen molar-refractivity contribution in [2.45, 2.75) is 44.4 Å². The fourth-order valence-electron chi connectivity index (χ4n) is 1.95. The number of hydrogen-bond acceptors (Lipinski definition) is 5. The van der Waals surface area contributed by atoms with Crippen LogP contribution in [0.1, 0.15) is 26.2 Å². The van der Waals surface area contributed by atoms with Crippen molar-refractivity contribution in [1.29, 1.82) is 0 Å². The minimum atomic E-state index is -2.41. The van der Waals surface area contributed by atoms with Crippen LogP contribution in [0, 0.1) is 0 Å². The summed E-state index contributed by atoms with van der Waals surface area (Å²) in [4.78, 5) is 0. The third-order valence-corrected chi connectivity index (χ3v) is 6.27. The van der Waals surface area contributed by atoms with Crippen molar-refractivity contribution < 1.29 is 22.8 Å². The van der Waals surface area contributed by atoms with Gasteiger partial charge in [0.1, 0.15) is 6.10 Å². The molecule has 0 amide bonds. The first-order valence-corrected chi connectivity index (χ1v) is 9.18. The van der Waals surface area contributed by atoms with Crippen LogP contribution < -0.4 is 0 Å². The smallest absolute Gasteiger partial charge is 0.377 e. The molecule has 0 radical (unpaired) electrons. The lowest BCUT2D eigenvalue weighted by Gasteiger charge is -2.23. The molecule has 0 aromatic rings. The van der Waals surface area contributed by atoms with Gasteiger partial charge in [0.05, 0.1) is 19.3 Å². The molecular formula is C14H28O5Si. The first-order chi connectivity index (χ1) is 9.69. The highest BCUT2D eigenvalue weighted by atomic mass is 28.4. The second-order valence-electron chi connectivity index (χ2n) is 4.85. The predicted molar refractivity (Wildman–Crippen MR) is 79.7 cm³/mol. The number of epoxide rings is 1. The van der Waals surface area contributed by atoms with Gasteiger partial charge in [0, 0.05) is 27.4 Å². The molecule has 0 spiro atoms. The number of hydrogen-bond donors (Lipinski definition) is 0. The van der Waals surface area contributed by atoms with Crippen molar-refractivity contribution in [3.63, 3.8) is 0 Å². The van der Waals surface area contributed by atoms with Gasteiger partial charge in [0.25, 0.3) is 0 Å². The number of allylic oxidation sites excluding steroid dienone is 1. The lowest BCUT2D eigenvalue weighted by molar-refractivity contribution is 0.0697. The summed E-state index contributed by atoms with van der Waals surface area (Å²) in [6.07, 6.45) is 7.77. The lowest BCUT2D eigenvalue weighted by atomic mass is 10.2. The topological polar surface area (TPSA) is 49.5 Å². The van der Waals surface area contributed by atoms with Crippen LogP contribution in [0.4, 0.5) is 0 Å². The molecule has 6 heteroatoms. The van der Waals surface area contributed by atoms with E-state index in [-0.39, 0.29) is 6.10 Å². The van der Waals surface area contributed by atoms with Gasteiger partial charge in [-0.1, -0.05) is 19.1 Å². The maximum Gasteiger partial charge on any atom is 0.500 e. The Morgan fingerprint density at radius 3 is 2.40 bits per heavy atom. The Labute approximate surface area is 123 Å². The standard InChI is InChI=1S/C14H28O5Si/c1-5-13(18-11-14-12-19-14)9-7-6-8-10-20(15-2,16-3)17-4/h7,9,13-14H,5-6,8,10-12H2,1-4H3. The van der Waals surface area contributed by atoms with Crippen LogP contribution in [0.5, 0.6) is 0 Å². The summed E-state index contributed by atoms with van der Waals surface area (Å²) in [6, 6.07) is 0.828. The van der Waals surface area contributed by atoms with E-state index in [0.29, 0.717) is 12.7 Å². The molecule has 1 heterocycles. The number of unbranched alkanes of at least 4 members (excludes halogenated alkanes) is 1. The van der Waals surface area contributed by atoms with Crippen LogP contribution in [0.15, 0.2) is 12.2 Å². The van der Waals surface area contributed by atoms with Crippen LogP contribution in [-0.4, -0.2) is 55.6 Å². The van der Waals surface area contributed by atoms with Crippen molar-refractivity contribution in [2.75, 3.05) is 34.5 Å². The first kappa shape index (κ1) is 17.8. The Morgan fingerprint density at radius 1 is 1.25 bits per heavy atom. The quantitative estimate of drug-likeness (QED) is 0.240. The van der Waals surface area contributed by atoms with E-state index in [1.54, 1.807) is 21.3 Å². The zero-order valence-electron chi connectivity index (χ0n) is 13.1. The van der Waals surface area contributed by atoms with Gasteiger partial charge in [0.2, 0.25) is 0 Å². The fourth-order valence-corrected chi connectivity index (χ4v) is 3.69. The van der Waals surface area contributed by atoms with E-state index in [4.69, 9.17) is 22.8 Å². The molecule has 118 valence electrons. The third-order valence-electron chi connectivity index (χ3n) is 3.44. The van der Waals surface area contributed by atoms with Gasteiger partial charge >= 0.3 is 8.80 Å². The maximum absolute atomic E-state index is 5.75. The molecule has 1 rings (SSSR count). The molecule has 20 heavy (non-hydrogen) atoms. The molecule has 0 aromatic carbocycles. The first-order valence-electron chi connectivity index (χ1n) is 7.25. The Bertz CT molecular complexity index is 268. The number of ether oxygens (including phenoxy) is 2. The van der Waals surface area contributed by atoms with Gasteiger partial charge in [-0.05, 0) is 19.3 Å². The summed E-state index contributed by atoms with van der Waals surface area (Å²) >= 11 is 0. The second-order valence-corrected chi connectivity index (χ2v) is 7.94. The molecule has 0 saturated carbocycles. The van der Waals surface area contributed by atoms with E-state index in [1.165, 1.54) is 0 Å². The van der Waals surface area contributed by atoms with Gasteiger partial charge in [-0.25, -0.2) is 0 Å². The van der Waals surface area contributed by atoms with Crippen LogP contribution in [0.25, 0.3) is 0 Å². The van der Waals surface area contributed by atoms with E-state index in [2.05, 4.69) is 19.1 Å². The summed E-state index contributed by atoms with van der Waals surface area (Å²) < 4.78 is 27.0. The second kappa shape index (κ2) is 9.65. The highest BCUT2D eigenvalue weighted by Crippen LogP contribution is 2.17. The van der Waals surface area contributed by atoms with Crippen LogP contribution in [0.2, 0.25) is 6.04 Å². The molecule has 5 nitrogen and oxygen atoms in total. The Hall–Kier alpha value is -0.243. The summed E-state index contributed by atoms with van der Waals surface area (Å²) in [5.41, 5.74) is 0. The molecule has 2 atom stereocenters. The Kier molecular flexibility index (Phi) is 8.59. The fraction of sp³-hybridized carbons (Fsp3) is 0.857. The third kappa shape index (κ3) is 6.47. The molecule has 0 bridgehead atoms.